The molecule has 0 fully saturated rings. The fraction of sp³-hybridized carbons (Fsp3) is 0.200. The maximum absolute atomic E-state index is 14.0. The van der Waals surface area contributed by atoms with Gasteiger partial charge in [0.1, 0.15) is 5.75 Å². The summed E-state index contributed by atoms with van der Waals surface area (Å²) >= 11 is 0. The van der Waals surface area contributed by atoms with E-state index in [9.17, 15) is 30.4 Å². The highest BCUT2D eigenvalue weighted by molar-refractivity contribution is 7.89. The minimum absolute atomic E-state index is 0.00862. The highest BCUT2D eigenvalue weighted by atomic mass is 32.2. The first-order valence-electron chi connectivity index (χ1n) is 9.77. The zero-order valence-corrected chi connectivity index (χ0v) is 18.4. The van der Waals surface area contributed by atoms with Gasteiger partial charge in [0.25, 0.3) is 0 Å². The Bertz CT molecular complexity index is 1470. The van der Waals surface area contributed by atoms with E-state index in [1.165, 1.54) is 11.5 Å². The molecule has 0 aliphatic carbocycles. The van der Waals surface area contributed by atoms with Crippen LogP contribution < -0.4 is 9.46 Å². The molecule has 1 atom stereocenters. The van der Waals surface area contributed by atoms with Gasteiger partial charge >= 0.3 is 6.01 Å². The smallest absolute Gasteiger partial charge is 0.322 e. The molecule has 4 aromatic rings. The number of hydrogen-bond acceptors (Lipinski definition) is 5. The monoisotopic (exact) mass is 501 g/mol. The summed E-state index contributed by atoms with van der Waals surface area (Å²) in [4.78, 5) is 1.03. The number of ether oxygens (including phenoxy) is 1. The van der Waals surface area contributed by atoms with Gasteiger partial charge in [0.05, 0.1) is 6.04 Å². The summed E-state index contributed by atoms with van der Waals surface area (Å²) < 4.78 is 102. The summed E-state index contributed by atoms with van der Waals surface area (Å²) in [5.74, 6) is -11.8. The molecule has 0 radical (unpaired) electrons. The molecule has 0 spiro atoms. The minimum Gasteiger partial charge on any atom is -0.424 e. The molecule has 0 unspecified atom stereocenters. The van der Waals surface area contributed by atoms with Crippen molar-refractivity contribution in [3.8, 4) is 11.8 Å². The van der Waals surface area contributed by atoms with Crippen LogP contribution in [0.25, 0.3) is 10.9 Å². The summed E-state index contributed by atoms with van der Waals surface area (Å²) in [6, 6.07) is 5.76. The third-order valence-electron chi connectivity index (χ3n) is 4.95. The van der Waals surface area contributed by atoms with Gasteiger partial charge in [-0.3, -0.25) is 4.57 Å². The van der Waals surface area contributed by atoms with Crippen molar-refractivity contribution in [2.24, 2.45) is 0 Å². The second-order valence-electron chi connectivity index (χ2n) is 7.16. The fourth-order valence-electron chi connectivity index (χ4n) is 3.35. The SMILES string of the molecule is CCn1c(Oc2ccc3cc[nH]c3c2)nnc1[C@@H](C)NS(=O)(=O)c1c(F)c(F)c(F)c(F)c1F. The third kappa shape index (κ3) is 3.98. The number of fused-ring (bicyclic) bond motifs is 1. The molecule has 180 valence electrons. The Balaban J connectivity index is 1.64. The average molecular weight is 501 g/mol. The maximum Gasteiger partial charge on any atom is 0.322 e. The number of aromatic amines is 1. The number of benzene rings is 2. The van der Waals surface area contributed by atoms with Gasteiger partial charge in [0, 0.05) is 24.3 Å². The number of sulfonamides is 1. The van der Waals surface area contributed by atoms with Crippen LogP contribution in [0.2, 0.25) is 0 Å². The molecule has 34 heavy (non-hydrogen) atoms. The molecule has 0 aliphatic rings. The van der Waals surface area contributed by atoms with E-state index in [1.54, 1.807) is 31.3 Å². The molecule has 2 N–H and O–H groups in total. The van der Waals surface area contributed by atoms with Gasteiger partial charge in [-0.15, -0.1) is 5.10 Å². The number of nitrogens with one attached hydrogen (secondary N) is 2. The average Bonchev–Trinajstić information content (AvgIpc) is 3.42. The molecular weight excluding hydrogens is 485 g/mol. The van der Waals surface area contributed by atoms with E-state index in [1.807, 2.05) is 10.8 Å². The van der Waals surface area contributed by atoms with Crippen LogP contribution in [-0.4, -0.2) is 28.2 Å². The molecule has 4 rings (SSSR count). The standard InChI is InChI=1S/C20H16F5N5O3S/c1-3-30-19(27-28-20(30)33-11-5-4-10-6-7-26-12(10)8-11)9(2)29-34(31,32)18-16(24)14(22)13(21)15(23)17(18)25/h4-9,26,29H,3H2,1-2H3/t9-/m1/s1. The van der Waals surface area contributed by atoms with Crippen molar-refractivity contribution < 1.29 is 35.1 Å². The van der Waals surface area contributed by atoms with Gasteiger partial charge in [-0.25, -0.2) is 35.1 Å². The predicted octanol–water partition coefficient (Wildman–Crippen LogP) is 4.31. The lowest BCUT2D eigenvalue weighted by Gasteiger charge is -2.16. The molecule has 0 saturated carbocycles. The second-order valence-corrected chi connectivity index (χ2v) is 8.81. The number of H-pyrrole nitrogens is 1. The van der Waals surface area contributed by atoms with Crippen LogP contribution in [0, 0.1) is 29.1 Å². The molecule has 0 amide bonds. The molecule has 0 bridgehead atoms. The molecule has 8 nitrogen and oxygen atoms in total. The van der Waals surface area contributed by atoms with Crippen molar-refractivity contribution in [2.45, 2.75) is 31.3 Å². The van der Waals surface area contributed by atoms with Crippen LogP contribution in [0.3, 0.4) is 0 Å². The van der Waals surface area contributed by atoms with Crippen molar-refractivity contribution in [2.75, 3.05) is 0 Å². The first-order chi connectivity index (χ1) is 16.0. The highest BCUT2D eigenvalue weighted by Crippen LogP contribution is 2.29. The van der Waals surface area contributed by atoms with Gasteiger partial charge in [0.2, 0.25) is 15.8 Å². The van der Waals surface area contributed by atoms with E-state index < -0.39 is 50.0 Å². The van der Waals surface area contributed by atoms with Gasteiger partial charge < -0.3 is 9.72 Å². The van der Waals surface area contributed by atoms with Gasteiger partial charge in [0.15, 0.2) is 34.0 Å². The molecule has 2 aromatic carbocycles. The number of halogens is 5. The molecule has 14 heteroatoms. The molecular formula is C20H16F5N5O3S. The van der Waals surface area contributed by atoms with Crippen molar-refractivity contribution in [3.63, 3.8) is 0 Å². The first kappa shape index (κ1) is 23.6. The van der Waals surface area contributed by atoms with Gasteiger partial charge in [-0.1, -0.05) is 5.10 Å². The molecule has 0 saturated heterocycles. The van der Waals surface area contributed by atoms with E-state index in [0.29, 0.717) is 5.75 Å². The van der Waals surface area contributed by atoms with Crippen LogP contribution >= 0.6 is 0 Å². The second kappa shape index (κ2) is 8.68. The van der Waals surface area contributed by atoms with Crippen molar-refractivity contribution >= 4 is 20.9 Å². The number of nitrogens with zero attached hydrogens (tertiary/aromatic N) is 3. The summed E-state index contributed by atoms with van der Waals surface area (Å²) in [6.45, 7) is 3.14. The Morgan fingerprint density at radius 1 is 1.03 bits per heavy atom. The van der Waals surface area contributed by atoms with Crippen molar-refractivity contribution in [3.05, 3.63) is 65.4 Å². The van der Waals surface area contributed by atoms with Crippen LogP contribution in [0.1, 0.15) is 25.7 Å². The zero-order chi connectivity index (χ0) is 24.8. The molecule has 0 aliphatic heterocycles. The van der Waals surface area contributed by atoms with E-state index in [0.717, 1.165) is 10.9 Å². The van der Waals surface area contributed by atoms with E-state index in [-0.39, 0.29) is 18.4 Å². The lowest BCUT2D eigenvalue weighted by molar-refractivity contribution is 0.356. The lowest BCUT2D eigenvalue weighted by Crippen LogP contribution is -2.31. The summed E-state index contributed by atoms with van der Waals surface area (Å²) in [5.41, 5.74) is 0.796. The Hall–Kier alpha value is -3.52. The van der Waals surface area contributed by atoms with E-state index in [4.69, 9.17) is 4.74 Å². The quantitative estimate of drug-likeness (QED) is 0.223. The summed E-state index contributed by atoms with van der Waals surface area (Å²) in [7, 11) is -5.20. The summed E-state index contributed by atoms with van der Waals surface area (Å²) in [5, 5.41) is 8.69. The van der Waals surface area contributed by atoms with Crippen molar-refractivity contribution in [1.82, 2.24) is 24.5 Å². The Kier molecular flexibility index (Phi) is 6.03. The first-order valence-corrected chi connectivity index (χ1v) is 11.2. The van der Waals surface area contributed by atoms with Crippen molar-refractivity contribution in [1.29, 1.82) is 0 Å². The van der Waals surface area contributed by atoms with Gasteiger partial charge in [-0.05, 0) is 37.4 Å². The lowest BCUT2D eigenvalue weighted by atomic mass is 10.2. The van der Waals surface area contributed by atoms with E-state index >= 15 is 0 Å². The summed E-state index contributed by atoms with van der Waals surface area (Å²) in [6.07, 6.45) is 1.75. The van der Waals surface area contributed by atoms with Crippen LogP contribution in [0.15, 0.2) is 35.4 Å². The Morgan fingerprint density at radius 2 is 1.68 bits per heavy atom. The third-order valence-corrected chi connectivity index (χ3v) is 6.51. The minimum atomic E-state index is -5.20. The zero-order valence-electron chi connectivity index (χ0n) is 17.5. The number of hydrogen-bond donors (Lipinski definition) is 2. The number of rotatable bonds is 7. The molecule has 2 aromatic heterocycles. The molecule has 2 heterocycles. The largest absolute Gasteiger partial charge is 0.424 e. The number of aromatic nitrogens is 4. The van der Waals surface area contributed by atoms with Crippen LogP contribution in [0.5, 0.6) is 11.8 Å². The Labute approximate surface area is 189 Å². The predicted molar refractivity (Wildman–Crippen MR) is 109 cm³/mol. The maximum atomic E-state index is 14.0. The topological polar surface area (TPSA) is 102 Å². The fourth-order valence-corrected chi connectivity index (χ4v) is 4.69. The van der Waals surface area contributed by atoms with Crippen LogP contribution in [0.4, 0.5) is 22.0 Å². The normalized spacial score (nSPS) is 12.9. The van der Waals surface area contributed by atoms with Gasteiger partial charge in [-0.2, -0.15) is 0 Å². The van der Waals surface area contributed by atoms with E-state index in [2.05, 4.69) is 15.2 Å². The highest BCUT2D eigenvalue weighted by Gasteiger charge is 2.35. The van der Waals surface area contributed by atoms with Crippen LogP contribution in [-0.2, 0) is 16.6 Å². The Morgan fingerprint density at radius 3 is 2.32 bits per heavy atom.